The van der Waals surface area contributed by atoms with Gasteiger partial charge in [0.2, 0.25) is 0 Å². The Labute approximate surface area is 546 Å². The summed E-state index contributed by atoms with van der Waals surface area (Å²) in [4.78, 5) is 0. The molecular formula is C88H108Si2. The minimum Gasteiger partial charge on any atom is -0.0645 e. The van der Waals surface area contributed by atoms with Gasteiger partial charge in [-0.3, -0.25) is 0 Å². The van der Waals surface area contributed by atoms with E-state index in [0.717, 1.165) is 0 Å². The fourth-order valence-corrected chi connectivity index (χ4v) is 34.3. The Morgan fingerprint density at radius 3 is 0.689 bits per heavy atom. The van der Waals surface area contributed by atoms with E-state index in [9.17, 15) is 0 Å². The Balaban J connectivity index is 1.40. The van der Waals surface area contributed by atoms with Gasteiger partial charge in [0.05, 0.1) is 15.8 Å². The van der Waals surface area contributed by atoms with Crippen molar-refractivity contribution in [3.8, 4) is 0 Å². The average molecular weight is 1220 g/mol. The molecule has 468 valence electrons. The van der Waals surface area contributed by atoms with Gasteiger partial charge in [-0.1, -0.05) is 232 Å². The molecule has 0 N–H and O–H groups in total. The van der Waals surface area contributed by atoms with Gasteiger partial charge in [-0.15, -0.1) is 0 Å². The molecule has 90 heavy (non-hydrogen) atoms. The van der Waals surface area contributed by atoms with Gasteiger partial charge < -0.3 is 0 Å². The van der Waals surface area contributed by atoms with Crippen LogP contribution in [0, 0.1) is 0 Å². The van der Waals surface area contributed by atoms with Crippen molar-refractivity contribution >= 4 is 101 Å². The highest BCUT2D eigenvalue weighted by Crippen LogP contribution is 2.65. The van der Waals surface area contributed by atoms with Crippen molar-refractivity contribution in [2.45, 2.75) is 283 Å². The molecule has 0 bridgehead atoms. The monoisotopic (exact) mass is 1220 g/mol. The molecule has 2 heteroatoms. The zero-order chi connectivity index (χ0) is 63.3. The Morgan fingerprint density at radius 2 is 0.456 bits per heavy atom. The molecule has 0 saturated heterocycles. The number of hydrogen-bond acceptors (Lipinski definition) is 0. The van der Waals surface area contributed by atoms with E-state index >= 15 is 0 Å². The van der Waals surface area contributed by atoms with Crippen molar-refractivity contribution in [2.24, 2.45) is 0 Å². The fraction of sp³-hybridized carbons (Fsp3) is 0.500. The highest BCUT2D eigenvalue weighted by Gasteiger charge is 2.60. The topological polar surface area (TPSA) is 0 Å². The predicted octanol–water partition coefficient (Wildman–Crippen LogP) is 22.6. The predicted molar refractivity (Wildman–Crippen MR) is 400 cm³/mol. The van der Waals surface area contributed by atoms with Crippen LogP contribution in [-0.4, -0.2) is 15.8 Å². The molecule has 0 heterocycles. The molecule has 0 nitrogen and oxygen atoms in total. The number of rotatable bonds is 20. The molecule has 0 amide bonds. The first-order chi connectivity index (χ1) is 43.6. The van der Waals surface area contributed by atoms with Crippen LogP contribution in [-0.2, 0) is 43.3 Å². The molecule has 10 aromatic carbocycles. The van der Waals surface area contributed by atoms with E-state index in [4.69, 9.17) is 0 Å². The van der Waals surface area contributed by atoms with Gasteiger partial charge in [0.25, 0.3) is 0 Å². The van der Waals surface area contributed by atoms with Crippen LogP contribution >= 0.6 is 0 Å². The maximum absolute atomic E-state index is 3.03. The van der Waals surface area contributed by atoms with E-state index in [-0.39, 0.29) is 43.3 Å². The highest BCUT2D eigenvalue weighted by molar-refractivity contribution is 7.20. The lowest BCUT2D eigenvalue weighted by Crippen LogP contribution is -2.58. The van der Waals surface area contributed by atoms with Crippen LogP contribution in [0.2, 0.25) is 0 Å². The van der Waals surface area contributed by atoms with E-state index in [1.165, 1.54) is 182 Å². The van der Waals surface area contributed by atoms with Crippen molar-refractivity contribution in [2.75, 3.05) is 0 Å². The lowest BCUT2D eigenvalue weighted by Gasteiger charge is -2.39. The molecule has 0 saturated carbocycles. The number of fused-ring (bicyclic) bond motifs is 4. The third kappa shape index (κ3) is 7.88. The van der Waals surface area contributed by atoms with Gasteiger partial charge in [0.15, 0.2) is 0 Å². The molecule has 0 fully saturated rings. The van der Waals surface area contributed by atoms with E-state index < -0.39 is 15.8 Å². The van der Waals surface area contributed by atoms with E-state index in [0.29, 0.717) is 0 Å². The van der Waals surface area contributed by atoms with E-state index in [1.54, 1.807) is 43.4 Å². The highest BCUT2D eigenvalue weighted by atomic mass is 28.9. The molecule has 0 aliphatic heterocycles. The second-order valence-electron chi connectivity index (χ2n) is 30.5. The maximum atomic E-state index is 3.03. The molecule has 0 unspecified atom stereocenters. The van der Waals surface area contributed by atoms with Crippen LogP contribution < -0.4 is 20.7 Å². The van der Waals surface area contributed by atoms with Crippen LogP contribution in [0.15, 0.2) is 121 Å². The van der Waals surface area contributed by atoms with Crippen molar-refractivity contribution in [1.29, 1.82) is 0 Å². The van der Waals surface area contributed by atoms with Gasteiger partial charge in [-0.05, 0) is 302 Å². The summed E-state index contributed by atoms with van der Waals surface area (Å²) < 4.78 is 0. The Bertz CT molecular complexity index is 4030. The quantitative estimate of drug-likeness (QED) is 0.0527. The van der Waals surface area contributed by atoms with Crippen LogP contribution in [0.3, 0.4) is 0 Å². The SMILES string of the molecule is CCC1(CC)CC(CC)(CC)c2c1cc1c(c2/[Si](c2ccc3ccc4cccc5ccc2c3c45)=[Si](/c2c3c(cc4c2C(CC)(CC)CC4(CC)CC)C(CC)(CC)CC3(CC)CC)c2ccc3ccc4cccc5ccc2c3c45)C(CC)(CC)CC1(CC)CC. The molecule has 4 aliphatic rings. The summed E-state index contributed by atoms with van der Waals surface area (Å²) in [7, 11) is -3.92. The molecule has 14 rings (SSSR count). The summed E-state index contributed by atoms with van der Waals surface area (Å²) in [5.74, 6) is 0. The molecule has 4 aliphatic carbocycles. The summed E-state index contributed by atoms with van der Waals surface area (Å²) in [5.41, 5.74) is 15.3. The van der Waals surface area contributed by atoms with Crippen molar-refractivity contribution in [3.05, 3.63) is 166 Å². The Kier molecular flexibility index (Phi) is 15.3. The van der Waals surface area contributed by atoms with Crippen LogP contribution in [0.4, 0.5) is 0 Å². The van der Waals surface area contributed by atoms with Crippen LogP contribution in [0.25, 0.3) is 64.6 Å². The summed E-state index contributed by atoms with van der Waals surface area (Å²) in [6.07, 6.45) is 24.1. The summed E-state index contributed by atoms with van der Waals surface area (Å²) >= 11 is 0. The number of benzene rings is 10. The minimum absolute atomic E-state index is 0.0465. The summed E-state index contributed by atoms with van der Waals surface area (Å²) in [6.45, 7) is 42.0. The second-order valence-corrected chi connectivity index (χ2v) is 37.1. The second kappa shape index (κ2) is 22.2. The minimum atomic E-state index is -1.96. The van der Waals surface area contributed by atoms with Gasteiger partial charge >= 0.3 is 0 Å². The van der Waals surface area contributed by atoms with E-state index in [1.807, 2.05) is 32.6 Å². The molecule has 0 atom stereocenters. The normalized spacial score (nSPS) is 19.6. The summed E-state index contributed by atoms with van der Waals surface area (Å²) in [6, 6.07) is 51.8. The number of hydrogen-bond donors (Lipinski definition) is 0. The van der Waals surface area contributed by atoms with Crippen LogP contribution in [0.1, 0.15) is 284 Å². The standard InChI is InChI=1S/C88H108Si2/c1-17-81(18-2)53-85(25-9,26-10)75-65(81)51-66-76(86(27-11,28-12)54-82(66,19-3)20-4)79(75)89(69-49-45-61-41-39-57-35-33-37-59-43-47-63(69)73(61)71(57)59)90(70-50-46-62-42-40-58-36-34-38-60-44-48-64(70)74(62)72(58)60)80-77-67(83(21-5,22-6)55-87(77,29-13)30-14)52-68-78(80)88(31-15,32-16)56-84(68,23-7)24-8/h33-52H,17-32,53-56H2,1-16H3/b90-89+. The molecule has 10 aromatic rings. The maximum Gasteiger partial charge on any atom is 0.0703 e. The smallest absolute Gasteiger partial charge is 0.0645 e. The van der Waals surface area contributed by atoms with Gasteiger partial charge in [-0.2, -0.15) is 0 Å². The molecular weight excluding hydrogens is 1110 g/mol. The van der Waals surface area contributed by atoms with E-state index in [2.05, 4.69) is 232 Å². The van der Waals surface area contributed by atoms with Crippen molar-refractivity contribution in [3.63, 3.8) is 0 Å². The van der Waals surface area contributed by atoms with Crippen molar-refractivity contribution in [1.82, 2.24) is 0 Å². The first-order valence-corrected chi connectivity index (χ1v) is 41.2. The Hall–Kier alpha value is -5.29. The lowest BCUT2D eigenvalue weighted by atomic mass is 9.70. The molecule has 0 radical (unpaired) electrons. The third-order valence-corrected chi connectivity index (χ3v) is 38.0. The fourth-order valence-electron chi connectivity index (χ4n) is 22.7. The molecule has 0 aromatic heterocycles. The van der Waals surface area contributed by atoms with Crippen molar-refractivity contribution < 1.29 is 0 Å². The Morgan fingerprint density at radius 1 is 0.244 bits per heavy atom. The van der Waals surface area contributed by atoms with Gasteiger partial charge in [-0.25, -0.2) is 0 Å². The first-order valence-electron chi connectivity index (χ1n) is 37.2. The zero-order valence-corrected chi connectivity index (χ0v) is 60.7. The van der Waals surface area contributed by atoms with Gasteiger partial charge in [0.1, 0.15) is 0 Å². The lowest BCUT2D eigenvalue weighted by molar-refractivity contribution is 0.278. The van der Waals surface area contributed by atoms with Crippen LogP contribution in [0.5, 0.6) is 0 Å². The molecule has 0 spiro atoms. The first kappa shape index (κ1) is 62.2. The summed E-state index contributed by atoms with van der Waals surface area (Å²) in [5, 5.41) is 24.7. The average Bonchev–Trinajstić information content (AvgIpc) is 1.46. The third-order valence-electron chi connectivity index (χ3n) is 28.9. The largest absolute Gasteiger partial charge is 0.0703 e. The zero-order valence-electron chi connectivity index (χ0n) is 58.7. The van der Waals surface area contributed by atoms with Gasteiger partial charge in [0, 0.05) is 0 Å².